The minimum Gasteiger partial charge on any atom is -0.454 e. The highest BCUT2D eigenvalue weighted by molar-refractivity contribution is 6.10. The van der Waals surface area contributed by atoms with Gasteiger partial charge in [0.2, 0.25) is 6.79 Å². The lowest BCUT2D eigenvalue weighted by molar-refractivity contribution is -0.140. The summed E-state index contributed by atoms with van der Waals surface area (Å²) < 4.78 is 10.6. The molecule has 0 unspecified atom stereocenters. The summed E-state index contributed by atoms with van der Waals surface area (Å²) in [5, 5.41) is 11.4. The Hall–Kier alpha value is -3.90. The van der Waals surface area contributed by atoms with Crippen molar-refractivity contribution in [3.8, 4) is 11.5 Å². The zero-order chi connectivity index (χ0) is 22.1. The van der Waals surface area contributed by atoms with Crippen molar-refractivity contribution < 1.29 is 24.2 Å². The number of amides is 1. The first kappa shape index (κ1) is 20.0. The van der Waals surface area contributed by atoms with E-state index in [1.54, 1.807) is 41.3 Å². The molecule has 6 nitrogen and oxygen atoms in total. The maximum absolute atomic E-state index is 13.3. The minimum atomic E-state index is -1.90. The second-order valence-corrected chi connectivity index (χ2v) is 7.84. The van der Waals surface area contributed by atoms with Crippen LogP contribution in [0.4, 0.5) is 5.69 Å². The minimum absolute atomic E-state index is 0.176. The Morgan fingerprint density at radius 1 is 1.00 bits per heavy atom. The normalized spacial score (nSPS) is 18.9. The van der Waals surface area contributed by atoms with Crippen molar-refractivity contribution in [2.75, 3.05) is 11.7 Å². The lowest BCUT2D eigenvalue weighted by atomic mass is 9.89. The highest BCUT2D eigenvalue weighted by Crippen LogP contribution is 2.43. The van der Waals surface area contributed by atoms with Crippen LogP contribution in [-0.2, 0) is 21.7 Å². The summed E-state index contributed by atoms with van der Waals surface area (Å²) in [6.07, 6.45) is 2.68. The lowest BCUT2D eigenvalue weighted by Crippen LogP contribution is -2.41. The molecule has 0 aromatic heterocycles. The van der Waals surface area contributed by atoms with Crippen molar-refractivity contribution in [3.63, 3.8) is 0 Å². The Kier molecular flexibility index (Phi) is 4.99. The Balaban J connectivity index is 1.37. The van der Waals surface area contributed by atoms with Crippen molar-refractivity contribution in [2.45, 2.75) is 18.6 Å². The Labute approximate surface area is 185 Å². The summed E-state index contributed by atoms with van der Waals surface area (Å²) in [6.45, 7) is 0.496. The molecule has 0 saturated heterocycles. The molecular weight excluding hydrogens is 406 g/mol. The van der Waals surface area contributed by atoms with Gasteiger partial charge in [0.25, 0.3) is 5.91 Å². The number of anilines is 1. The number of nitrogens with zero attached hydrogens (tertiary/aromatic N) is 1. The summed E-state index contributed by atoms with van der Waals surface area (Å²) in [5.74, 6) is 0.436. The molecule has 0 radical (unpaired) electrons. The van der Waals surface area contributed by atoms with Gasteiger partial charge in [-0.1, -0.05) is 60.7 Å². The molecule has 160 valence electrons. The number of para-hydroxylation sites is 1. The summed E-state index contributed by atoms with van der Waals surface area (Å²) in [6, 6.07) is 22.0. The van der Waals surface area contributed by atoms with Gasteiger partial charge in [0.05, 0.1) is 18.7 Å². The van der Waals surface area contributed by atoms with Crippen LogP contribution in [0.15, 0.2) is 78.9 Å². The predicted octanol–water partition coefficient (Wildman–Crippen LogP) is 3.82. The van der Waals surface area contributed by atoms with Crippen molar-refractivity contribution >= 4 is 23.5 Å². The number of benzene rings is 3. The van der Waals surface area contributed by atoms with E-state index < -0.39 is 11.5 Å². The fourth-order valence-corrected chi connectivity index (χ4v) is 4.12. The number of ketones is 1. The molecular formula is C26H21NO5. The topological polar surface area (TPSA) is 76.1 Å². The van der Waals surface area contributed by atoms with E-state index in [1.165, 1.54) is 6.08 Å². The van der Waals surface area contributed by atoms with E-state index >= 15 is 0 Å². The van der Waals surface area contributed by atoms with Crippen molar-refractivity contribution in [1.29, 1.82) is 0 Å². The van der Waals surface area contributed by atoms with Gasteiger partial charge in [0.1, 0.15) is 0 Å². The van der Waals surface area contributed by atoms with Crippen LogP contribution in [0.25, 0.3) is 6.08 Å². The van der Waals surface area contributed by atoms with Gasteiger partial charge >= 0.3 is 0 Å². The molecule has 32 heavy (non-hydrogen) atoms. The fraction of sp³-hybridized carbons (Fsp3) is 0.154. The van der Waals surface area contributed by atoms with Crippen molar-refractivity contribution in [3.05, 3.63) is 95.6 Å². The third-order valence-electron chi connectivity index (χ3n) is 5.71. The fourth-order valence-electron chi connectivity index (χ4n) is 4.12. The Morgan fingerprint density at radius 2 is 1.75 bits per heavy atom. The zero-order valence-electron chi connectivity index (χ0n) is 17.2. The molecule has 6 heteroatoms. The number of hydrogen-bond acceptors (Lipinski definition) is 5. The van der Waals surface area contributed by atoms with Gasteiger partial charge in [-0.3, -0.25) is 9.59 Å². The van der Waals surface area contributed by atoms with E-state index in [0.717, 1.165) is 11.1 Å². The molecule has 0 spiro atoms. The first-order valence-corrected chi connectivity index (χ1v) is 10.3. The van der Waals surface area contributed by atoms with Gasteiger partial charge in [-0.15, -0.1) is 0 Å². The molecule has 2 aliphatic heterocycles. The van der Waals surface area contributed by atoms with Crippen LogP contribution in [0, 0.1) is 0 Å². The number of carbonyl (C=O) groups excluding carboxylic acids is 2. The van der Waals surface area contributed by atoms with Crippen LogP contribution in [0.2, 0.25) is 0 Å². The number of aliphatic hydroxyl groups is 1. The zero-order valence-corrected chi connectivity index (χ0v) is 17.2. The molecule has 5 rings (SSSR count). The lowest BCUT2D eigenvalue weighted by Gasteiger charge is -2.22. The average molecular weight is 427 g/mol. The van der Waals surface area contributed by atoms with E-state index in [4.69, 9.17) is 9.47 Å². The standard InChI is InChI=1S/C26H21NO5/c28-20(12-10-18-11-13-23-24(14-18)32-17-31-23)15-26(30)21-8-4-5-9-22(21)27(25(26)29)16-19-6-2-1-3-7-19/h1-14,30H,15-17H2/b12-10-/t26-/m1/s1. The van der Waals surface area contributed by atoms with Gasteiger partial charge in [-0.2, -0.15) is 0 Å². The summed E-state index contributed by atoms with van der Waals surface area (Å²) in [5.41, 5.74) is 0.872. The Morgan fingerprint density at radius 3 is 2.59 bits per heavy atom. The van der Waals surface area contributed by atoms with Crippen LogP contribution >= 0.6 is 0 Å². The Bertz CT molecular complexity index is 1220. The summed E-state index contributed by atoms with van der Waals surface area (Å²) in [4.78, 5) is 27.6. The first-order valence-electron chi connectivity index (χ1n) is 10.3. The van der Waals surface area contributed by atoms with Gasteiger partial charge in [-0.25, -0.2) is 0 Å². The van der Waals surface area contributed by atoms with Crippen LogP contribution < -0.4 is 14.4 Å². The molecule has 3 aromatic carbocycles. The molecule has 1 N–H and O–H groups in total. The largest absolute Gasteiger partial charge is 0.454 e. The molecule has 0 aliphatic carbocycles. The summed E-state index contributed by atoms with van der Waals surface area (Å²) in [7, 11) is 0. The molecule has 1 amide bonds. The van der Waals surface area contributed by atoms with Crippen molar-refractivity contribution in [2.24, 2.45) is 0 Å². The molecule has 3 aromatic rings. The van der Waals surface area contributed by atoms with Gasteiger partial charge < -0.3 is 19.5 Å². The molecule has 2 heterocycles. The van der Waals surface area contributed by atoms with E-state index in [0.29, 0.717) is 29.3 Å². The van der Waals surface area contributed by atoms with Crippen LogP contribution in [-0.4, -0.2) is 23.6 Å². The number of ether oxygens (including phenoxy) is 2. The molecule has 0 fully saturated rings. The van der Waals surface area contributed by atoms with E-state index in [9.17, 15) is 14.7 Å². The molecule has 2 aliphatic rings. The van der Waals surface area contributed by atoms with Crippen molar-refractivity contribution in [1.82, 2.24) is 0 Å². The van der Waals surface area contributed by atoms with Gasteiger partial charge in [-0.05, 0) is 35.4 Å². The van der Waals surface area contributed by atoms with E-state index in [1.807, 2.05) is 42.5 Å². The second-order valence-electron chi connectivity index (χ2n) is 7.84. The second kappa shape index (κ2) is 7.98. The maximum Gasteiger partial charge on any atom is 0.264 e. The highest BCUT2D eigenvalue weighted by Gasteiger charge is 2.50. The number of carbonyl (C=O) groups is 2. The number of allylic oxidation sites excluding steroid dienone is 1. The van der Waals surface area contributed by atoms with Crippen LogP contribution in [0.5, 0.6) is 11.5 Å². The first-order chi connectivity index (χ1) is 15.5. The summed E-state index contributed by atoms with van der Waals surface area (Å²) >= 11 is 0. The monoisotopic (exact) mass is 427 g/mol. The quantitative estimate of drug-likeness (QED) is 0.606. The number of hydrogen-bond donors (Lipinski definition) is 1. The smallest absolute Gasteiger partial charge is 0.264 e. The predicted molar refractivity (Wildman–Crippen MR) is 119 cm³/mol. The number of fused-ring (bicyclic) bond motifs is 2. The van der Waals surface area contributed by atoms with Gasteiger partial charge in [0.15, 0.2) is 22.9 Å². The SMILES string of the molecule is O=C(/C=C\c1ccc2c(c1)OCO2)C[C@]1(O)C(=O)N(Cc2ccccc2)c2ccccc21. The average Bonchev–Trinajstić information content (AvgIpc) is 3.36. The molecule has 1 atom stereocenters. The van der Waals surface area contributed by atoms with E-state index in [2.05, 4.69) is 0 Å². The molecule has 0 bridgehead atoms. The third kappa shape index (κ3) is 3.55. The van der Waals surface area contributed by atoms with E-state index in [-0.39, 0.29) is 19.0 Å². The van der Waals surface area contributed by atoms with Crippen LogP contribution in [0.1, 0.15) is 23.1 Å². The third-order valence-corrected chi connectivity index (χ3v) is 5.71. The number of rotatable bonds is 6. The maximum atomic E-state index is 13.3. The molecule has 0 saturated carbocycles. The highest BCUT2D eigenvalue weighted by atomic mass is 16.7. The van der Waals surface area contributed by atoms with Gasteiger partial charge in [0, 0.05) is 5.56 Å². The van der Waals surface area contributed by atoms with Crippen LogP contribution in [0.3, 0.4) is 0 Å².